The van der Waals surface area contributed by atoms with Crippen molar-refractivity contribution in [1.29, 1.82) is 0 Å². The first-order chi connectivity index (χ1) is 37.4. The zero-order valence-corrected chi connectivity index (χ0v) is 50.2. The second-order valence-corrected chi connectivity index (χ2v) is 29.7. The average molecular weight is 1050 g/mol. The molecule has 3 aliphatic carbocycles. The van der Waals surface area contributed by atoms with Crippen LogP contribution in [0.3, 0.4) is 0 Å². The number of para-hydroxylation sites is 2. The van der Waals surface area contributed by atoms with Crippen LogP contribution in [0.2, 0.25) is 0 Å². The van der Waals surface area contributed by atoms with Gasteiger partial charge in [-0.3, -0.25) is 0 Å². The number of nitrogens with zero attached hydrogens (tertiary/aromatic N) is 3. The number of fused-ring (bicyclic) bond motifs is 10. The number of anilines is 9. The summed E-state index contributed by atoms with van der Waals surface area (Å²) in [4.78, 5) is 8.04. The minimum absolute atomic E-state index is 0.00544. The molecule has 0 saturated carbocycles. The van der Waals surface area contributed by atoms with E-state index in [1.807, 2.05) is 11.3 Å². The van der Waals surface area contributed by atoms with Gasteiger partial charge in [-0.2, -0.15) is 0 Å². The summed E-state index contributed by atoms with van der Waals surface area (Å²) in [6, 6.07) is 58.0. The Kier molecular flexibility index (Phi) is 10.9. The van der Waals surface area contributed by atoms with E-state index in [9.17, 15) is 0 Å². The molecule has 9 aromatic rings. The highest BCUT2D eigenvalue weighted by molar-refractivity contribution is 7.25. The highest BCUT2D eigenvalue weighted by atomic mass is 32.1. The Morgan fingerprint density at radius 3 is 1.29 bits per heavy atom. The van der Waals surface area contributed by atoms with Gasteiger partial charge in [-0.25, -0.2) is 0 Å². The van der Waals surface area contributed by atoms with Crippen LogP contribution in [0.1, 0.15) is 166 Å². The summed E-state index contributed by atoms with van der Waals surface area (Å²) in [6.45, 7) is 34.5. The van der Waals surface area contributed by atoms with E-state index in [-0.39, 0.29) is 39.2 Å². The maximum absolute atomic E-state index is 2.75. The van der Waals surface area contributed by atoms with Crippen molar-refractivity contribution in [2.24, 2.45) is 0 Å². The van der Waals surface area contributed by atoms with Crippen molar-refractivity contribution < 1.29 is 0 Å². The predicted molar refractivity (Wildman–Crippen MR) is 343 cm³/mol. The van der Waals surface area contributed by atoms with Crippen LogP contribution in [-0.2, 0) is 32.5 Å². The van der Waals surface area contributed by atoms with E-state index in [0.29, 0.717) is 0 Å². The Balaban J connectivity index is 1.17. The Bertz CT molecular complexity index is 4000. The zero-order valence-electron chi connectivity index (χ0n) is 49.4. The van der Waals surface area contributed by atoms with Crippen LogP contribution in [0.25, 0.3) is 20.2 Å². The van der Waals surface area contributed by atoms with Crippen molar-refractivity contribution in [2.75, 3.05) is 14.7 Å². The molecule has 0 unspecified atom stereocenters. The van der Waals surface area contributed by atoms with Gasteiger partial charge < -0.3 is 14.7 Å². The molecular formula is C74H78BN3S. The lowest BCUT2D eigenvalue weighted by Gasteiger charge is -2.49. The molecule has 8 aromatic carbocycles. The lowest BCUT2D eigenvalue weighted by molar-refractivity contribution is 0.332. The van der Waals surface area contributed by atoms with E-state index in [0.717, 1.165) is 37.8 Å². The first kappa shape index (κ1) is 50.6. The fourth-order valence-electron chi connectivity index (χ4n) is 15.4. The van der Waals surface area contributed by atoms with Gasteiger partial charge in [0.05, 0.1) is 5.69 Å². The summed E-state index contributed by atoms with van der Waals surface area (Å²) < 4.78 is 2.65. The number of benzene rings is 8. The smallest absolute Gasteiger partial charge is 0.252 e. The SMILES string of the molecule is Cc1ccccc1N(c1cc2c3c(c1)N(c1ccc4c(c1)sc1ccccc14)c1cc4c(cc1B3c1cc3c(cc1N2c1ccc2c(c1)C(C)(C)CCC2(C)C)C(C)(C)CCC3(C)C)C(C)(C)CCC4(C)C)c1ccccc1C. The standard InChI is InChI=1S/C74H78BN3S/c1-45-21-15-18-24-60(45)78(61-25-19-16-22-46(61)2)49-38-64-68-65(39-49)77(48-27-29-51-50-23-17-20-26-66(50)79-67(51)40-48)63-44-57-55(72(9,10)34-36-74(57,13)14)42-59(63)75(68)58-41-54-56(73(11,12)35-33-71(54,7)8)43-62(58)76(64)47-28-30-52-53(37-47)70(5,6)32-31-69(52,3)4/h15-30,37-44H,31-36H2,1-14H3. The second kappa shape index (κ2) is 17.0. The summed E-state index contributed by atoms with van der Waals surface area (Å²) in [5, 5.41) is 2.65. The third kappa shape index (κ3) is 7.56. The molecule has 0 spiro atoms. The highest BCUT2D eigenvalue weighted by Gasteiger charge is 2.49. The molecule has 0 radical (unpaired) electrons. The summed E-state index contributed by atoms with van der Waals surface area (Å²) in [7, 11) is 0. The molecule has 0 amide bonds. The molecule has 0 atom stereocenters. The normalized spacial score (nSPS) is 19.2. The van der Waals surface area contributed by atoms with Crippen molar-refractivity contribution in [3.8, 4) is 0 Å². The molecule has 5 heteroatoms. The van der Waals surface area contributed by atoms with Crippen LogP contribution < -0.4 is 31.1 Å². The monoisotopic (exact) mass is 1050 g/mol. The van der Waals surface area contributed by atoms with Gasteiger partial charge in [-0.1, -0.05) is 162 Å². The summed E-state index contributed by atoms with van der Waals surface area (Å²) >= 11 is 1.92. The lowest BCUT2D eigenvalue weighted by atomic mass is 9.32. The number of hydrogen-bond acceptors (Lipinski definition) is 4. The molecule has 2 aliphatic heterocycles. The first-order valence-corrected chi connectivity index (χ1v) is 30.4. The molecule has 0 N–H and O–H groups in total. The molecule has 0 saturated heterocycles. The molecule has 398 valence electrons. The predicted octanol–water partition coefficient (Wildman–Crippen LogP) is 19.3. The van der Waals surface area contributed by atoms with Gasteiger partial charge in [-0.15, -0.1) is 11.3 Å². The molecule has 3 nitrogen and oxygen atoms in total. The van der Waals surface area contributed by atoms with Crippen molar-refractivity contribution in [2.45, 2.75) is 168 Å². The van der Waals surface area contributed by atoms with E-state index in [2.05, 4.69) is 257 Å². The van der Waals surface area contributed by atoms with Gasteiger partial charge >= 0.3 is 0 Å². The van der Waals surface area contributed by atoms with Crippen LogP contribution in [0.15, 0.2) is 146 Å². The molecular weight excluding hydrogens is 974 g/mol. The average Bonchev–Trinajstić information content (AvgIpc) is 3.94. The molecule has 3 heterocycles. The number of rotatable bonds is 5. The molecule has 14 rings (SSSR count). The molecule has 0 fully saturated rings. The third-order valence-electron chi connectivity index (χ3n) is 20.7. The number of thiophene rings is 1. The summed E-state index contributed by atoms with van der Waals surface area (Å²) in [5.74, 6) is 0. The zero-order chi connectivity index (χ0) is 55.1. The topological polar surface area (TPSA) is 9.72 Å². The van der Waals surface area contributed by atoms with E-state index in [4.69, 9.17) is 0 Å². The van der Waals surface area contributed by atoms with Crippen molar-refractivity contribution in [3.63, 3.8) is 0 Å². The maximum atomic E-state index is 2.75. The fourth-order valence-corrected chi connectivity index (χ4v) is 16.5. The Labute approximate surface area is 475 Å². The van der Waals surface area contributed by atoms with Gasteiger partial charge in [0.2, 0.25) is 0 Å². The van der Waals surface area contributed by atoms with Crippen LogP contribution in [0, 0.1) is 13.8 Å². The van der Waals surface area contributed by atoms with Crippen molar-refractivity contribution in [1.82, 2.24) is 0 Å². The minimum atomic E-state index is -0.0275. The molecule has 79 heavy (non-hydrogen) atoms. The van der Waals surface area contributed by atoms with Crippen molar-refractivity contribution in [3.05, 3.63) is 190 Å². The Morgan fingerprint density at radius 2 is 0.785 bits per heavy atom. The van der Waals surface area contributed by atoms with Gasteiger partial charge in [0.25, 0.3) is 6.71 Å². The summed E-state index contributed by atoms with van der Waals surface area (Å²) in [6.07, 6.45) is 6.97. The Morgan fingerprint density at radius 1 is 0.380 bits per heavy atom. The van der Waals surface area contributed by atoms with Gasteiger partial charge in [0.15, 0.2) is 0 Å². The van der Waals surface area contributed by atoms with E-state index >= 15 is 0 Å². The maximum Gasteiger partial charge on any atom is 0.252 e. The van der Waals surface area contributed by atoms with E-state index in [1.54, 1.807) is 0 Å². The van der Waals surface area contributed by atoms with Crippen molar-refractivity contribution >= 4 is 106 Å². The quantitative estimate of drug-likeness (QED) is 0.159. The van der Waals surface area contributed by atoms with Crippen LogP contribution in [-0.4, -0.2) is 6.71 Å². The van der Waals surface area contributed by atoms with Crippen LogP contribution >= 0.6 is 11.3 Å². The molecule has 5 aliphatic rings. The molecule has 0 bridgehead atoms. The second-order valence-electron chi connectivity index (χ2n) is 28.6. The van der Waals surface area contributed by atoms with Crippen LogP contribution in [0.4, 0.5) is 51.2 Å². The minimum Gasteiger partial charge on any atom is -0.311 e. The Hall–Kier alpha value is -6.56. The van der Waals surface area contributed by atoms with E-state index < -0.39 is 0 Å². The number of hydrogen-bond donors (Lipinski definition) is 0. The van der Waals surface area contributed by atoms with Gasteiger partial charge in [0.1, 0.15) is 0 Å². The largest absolute Gasteiger partial charge is 0.311 e. The third-order valence-corrected chi connectivity index (χ3v) is 21.8. The molecule has 1 aromatic heterocycles. The summed E-state index contributed by atoms with van der Waals surface area (Å²) in [5.41, 5.74) is 26.9. The fraction of sp³-hybridized carbons (Fsp3) is 0.351. The first-order valence-electron chi connectivity index (χ1n) is 29.6. The number of aryl methyl sites for hydroxylation is 2. The highest BCUT2D eigenvalue weighted by Crippen LogP contribution is 2.56. The van der Waals surface area contributed by atoms with Gasteiger partial charge in [-0.05, 0) is 212 Å². The van der Waals surface area contributed by atoms with Crippen LogP contribution in [0.5, 0.6) is 0 Å². The van der Waals surface area contributed by atoms with Gasteiger partial charge in [0, 0.05) is 65.7 Å². The lowest BCUT2D eigenvalue weighted by Crippen LogP contribution is -2.62. The van der Waals surface area contributed by atoms with E-state index in [1.165, 1.54) is 133 Å².